The van der Waals surface area contributed by atoms with E-state index >= 15 is 0 Å². The van der Waals surface area contributed by atoms with E-state index in [-0.39, 0.29) is 5.75 Å². The average Bonchev–Trinajstić information content (AvgIpc) is 2.80. The fourth-order valence-corrected chi connectivity index (χ4v) is 2.10. The number of pyridine rings is 1. The molecule has 0 radical (unpaired) electrons. The molecule has 3 N–H and O–H groups in total. The highest BCUT2D eigenvalue weighted by molar-refractivity contribution is 9.10. The Morgan fingerprint density at radius 2 is 2.05 bits per heavy atom. The monoisotopic (exact) mass is 318 g/mol. The van der Waals surface area contributed by atoms with Crippen molar-refractivity contribution in [1.82, 2.24) is 15.0 Å². The summed E-state index contributed by atoms with van der Waals surface area (Å²) in [5.41, 5.74) is 2.52. The molecule has 0 atom stereocenters. The van der Waals surface area contributed by atoms with Gasteiger partial charge in [0.05, 0.1) is 12.1 Å². The van der Waals surface area contributed by atoms with Gasteiger partial charge in [-0.15, -0.1) is 0 Å². The molecule has 19 heavy (non-hydrogen) atoms. The molecule has 2 heterocycles. The van der Waals surface area contributed by atoms with E-state index in [1.165, 1.54) is 0 Å². The molecular weight excluding hydrogens is 308 g/mol. The van der Waals surface area contributed by atoms with Crippen molar-refractivity contribution in [1.29, 1.82) is 0 Å². The number of phenols is 1. The number of imidazole rings is 1. The van der Waals surface area contributed by atoms with Crippen LogP contribution in [-0.4, -0.2) is 20.1 Å². The first-order chi connectivity index (χ1) is 9.20. The lowest BCUT2D eigenvalue weighted by Gasteiger charge is -2.03. The van der Waals surface area contributed by atoms with Gasteiger partial charge >= 0.3 is 0 Å². The Bertz CT molecular complexity index is 708. The van der Waals surface area contributed by atoms with E-state index in [9.17, 15) is 5.11 Å². The standard InChI is InChI=1S/C13H11BrN4O/c14-8-5-11-13(16-6-8)18-12(17-11)7-15-9-1-3-10(19)4-2-9/h1-6,15,19H,7H2,(H,16,17,18). The number of halogens is 1. The number of H-pyrrole nitrogens is 1. The maximum absolute atomic E-state index is 9.20. The number of hydrogen-bond acceptors (Lipinski definition) is 4. The van der Waals surface area contributed by atoms with Crippen molar-refractivity contribution < 1.29 is 5.11 Å². The number of nitrogens with one attached hydrogen (secondary N) is 2. The zero-order valence-electron chi connectivity index (χ0n) is 9.89. The summed E-state index contributed by atoms with van der Waals surface area (Å²) in [6.07, 6.45) is 1.72. The molecule has 96 valence electrons. The van der Waals surface area contributed by atoms with Crippen LogP contribution in [0.1, 0.15) is 5.82 Å². The molecule has 1 aromatic carbocycles. The van der Waals surface area contributed by atoms with E-state index in [1.807, 2.05) is 18.2 Å². The number of aromatic nitrogens is 3. The number of anilines is 1. The van der Waals surface area contributed by atoms with Gasteiger partial charge in [-0.3, -0.25) is 0 Å². The molecule has 2 aromatic heterocycles. The molecule has 0 unspecified atom stereocenters. The lowest BCUT2D eigenvalue weighted by Crippen LogP contribution is -2.00. The Kier molecular flexibility index (Phi) is 3.08. The molecule has 0 aliphatic rings. The van der Waals surface area contributed by atoms with E-state index in [1.54, 1.807) is 18.3 Å². The number of phenolic OH excluding ortho intramolecular Hbond substituents is 1. The van der Waals surface area contributed by atoms with Crippen LogP contribution in [0.5, 0.6) is 5.75 Å². The van der Waals surface area contributed by atoms with Crippen LogP contribution in [0.2, 0.25) is 0 Å². The predicted octanol–water partition coefficient (Wildman–Crippen LogP) is 3.04. The van der Waals surface area contributed by atoms with E-state index in [4.69, 9.17) is 0 Å². The summed E-state index contributed by atoms with van der Waals surface area (Å²) < 4.78 is 0.918. The molecule has 0 bridgehead atoms. The van der Waals surface area contributed by atoms with Gasteiger partial charge in [-0.2, -0.15) is 0 Å². The summed E-state index contributed by atoms with van der Waals surface area (Å²) in [5.74, 6) is 1.07. The topological polar surface area (TPSA) is 73.8 Å². The maximum atomic E-state index is 9.20. The van der Waals surface area contributed by atoms with Crippen molar-refractivity contribution in [2.75, 3.05) is 5.32 Å². The largest absolute Gasteiger partial charge is 0.508 e. The van der Waals surface area contributed by atoms with Gasteiger partial charge in [-0.05, 0) is 46.3 Å². The normalized spacial score (nSPS) is 10.8. The predicted molar refractivity (Wildman–Crippen MR) is 77.0 cm³/mol. The number of benzene rings is 1. The molecule has 0 saturated carbocycles. The zero-order chi connectivity index (χ0) is 13.2. The number of rotatable bonds is 3. The molecule has 6 heteroatoms. The number of hydrogen-bond donors (Lipinski definition) is 3. The van der Waals surface area contributed by atoms with Crippen molar-refractivity contribution in [3.05, 3.63) is 46.8 Å². The first-order valence-corrected chi connectivity index (χ1v) is 6.53. The van der Waals surface area contributed by atoms with Crippen LogP contribution in [0.15, 0.2) is 41.0 Å². The van der Waals surface area contributed by atoms with Crippen LogP contribution in [0.3, 0.4) is 0 Å². The first kappa shape index (κ1) is 12.0. The second-order valence-corrected chi connectivity index (χ2v) is 5.02. The van der Waals surface area contributed by atoms with Crippen LogP contribution < -0.4 is 5.32 Å². The van der Waals surface area contributed by atoms with Gasteiger partial charge in [0.2, 0.25) is 0 Å². The Balaban J connectivity index is 1.76. The van der Waals surface area contributed by atoms with Gasteiger partial charge in [0.15, 0.2) is 5.65 Å². The average molecular weight is 319 g/mol. The number of nitrogens with zero attached hydrogens (tertiary/aromatic N) is 2. The molecule has 0 amide bonds. The molecule has 0 aliphatic heterocycles. The minimum absolute atomic E-state index is 0.253. The van der Waals surface area contributed by atoms with Gasteiger partial charge in [-0.25, -0.2) is 9.97 Å². The minimum atomic E-state index is 0.253. The third-order valence-corrected chi connectivity index (χ3v) is 3.11. The third kappa shape index (κ3) is 2.68. The first-order valence-electron chi connectivity index (χ1n) is 5.74. The Morgan fingerprint density at radius 3 is 2.84 bits per heavy atom. The summed E-state index contributed by atoms with van der Waals surface area (Å²) in [6, 6.07) is 8.85. The molecule has 0 aliphatic carbocycles. The van der Waals surface area contributed by atoms with Gasteiger partial charge < -0.3 is 15.4 Å². The molecule has 0 fully saturated rings. The Morgan fingerprint density at radius 1 is 1.26 bits per heavy atom. The summed E-state index contributed by atoms with van der Waals surface area (Å²) >= 11 is 3.37. The van der Waals surface area contributed by atoms with E-state index in [0.717, 1.165) is 21.5 Å². The summed E-state index contributed by atoms with van der Waals surface area (Å²) in [6.45, 7) is 0.568. The van der Waals surface area contributed by atoms with Gasteiger partial charge in [0.25, 0.3) is 0 Å². The Hall–Kier alpha value is -2.08. The molecule has 3 rings (SSSR count). The maximum Gasteiger partial charge on any atom is 0.177 e. The second kappa shape index (κ2) is 4.89. The highest BCUT2D eigenvalue weighted by Crippen LogP contribution is 2.17. The van der Waals surface area contributed by atoms with Crippen LogP contribution in [0.25, 0.3) is 11.2 Å². The highest BCUT2D eigenvalue weighted by atomic mass is 79.9. The Labute approximate surface area is 117 Å². The minimum Gasteiger partial charge on any atom is -0.508 e. The molecule has 0 saturated heterocycles. The molecule has 5 nitrogen and oxygen atoms in total. The number of fused-ring (bicyclic) bond motifs is 1. The lowest BCUT2D eigenvalue weighted by molar-refractivity contribution is 0.475. The van der Waals surface area contributed by atoms with Crippen LogP contribution in [-0.2, 0) is 6.54 Å². The van der Waals surface area contributed by atoms with Crippen molar-refractivity contribution >= 4 is 32.8 Å². The van der Waals surface area contributed by atoms with E-state index in [0.29, 0.717) is 12.2 Å². The van der Waals surface area contributed by atoms with Gasteiger partial charge in [-0.1, -0.05) is 0 Å². The number of aromatic hydroxyl groups is 1. The lowest BCUT2D eigenvalue weighted by atomic mass is 10.3. The summed E-state index contributed by atoms with van der Waals surface area (Å²) in [5, 5.41) is 12.4. The summed E-state index contributed by atoms with van der Waals surface area (Å²) in [4.78, 5) is 11.8. The SMILES string of the molecule is Oc1ccc(NCc2nc3ncc(Br)cc3[nH]2)cc1. The van der Waals surface area contributed by atoms with E-state index in [2.05, 4.69) is 36.2 Å². The third-order valence-electron chi connectivity index (χ3n) is 2.68. The highest BCUT2D eigenvalue weighted by Gasteiger charge is 2.04. The zero-order valence-corrected chi connectivity index (χ0v) is 11.5. The van der Waals surface area contributed by atoms with Crippen LogP contribution in [0, 0.1) is 0 Å². The van der Waals surface area contributed by atoms with Crippen molar-refractivity contribution in [3.8, 4) is 5.75 Å². The smallest absolute Gasteiger partial charge is 0.177 e. The van der Waals surface area contributed by atoms with Crippen molar-refractivity contribution in [2.45, 2.75) is 6.54 Å². The molecule has 0 spiro atoms. The van der Waals surface area contributed by atoms with Crippen molar-refractivity contribution in [2.24, 2.45) is 0 Å². The molecule has 3 aromatic rings. The number of aromatic amines is 1. The van der Waals surface area contributed by atoms with E-state index < -0.39 is 0 Å². The van der Waals surface area contributed by atoms with Crippen LogP contribution in [0.4, 0.5) is 5.69 Å². The van der Waals surface area contributed by atoms with Crippen molar-refractivity contribution in [3.63, 3.8) is 0 Å². The van der Waals surface area contributed by atoms with Gasteiger partial charge in [0, 0.05) is 16.4 Å². The second-order valence-electron chi connectivity index (χ2n) is 4.11. The van der Waals surface area contributed by atoms with Gasteiger partial charge in [0.1, 0.15) is 11.6 Å². The fraction of sp³-hybridized carbons (Fsp3) is 0.0769. The summed E-state index contributed by atoms with van der Waals surface area (Å²) in [7, 11) is 0. The molecular formula is C13H11BrN4O. The quantitative estimate of drug-likeness (QED) is 0.649. The fourth-order valence-electron chi connectivity index (χ4n) is 1.77. The van der Waals surface area contributed by atoms with Crippen LogP contribution >= 0.6 is 15.9 Å².